The predicted molar refractivity (Wildman–Crippen MR) is 96.7 cm³/mol. The first-order valence-corrected chi connectivity index (χ1v) is 9.71. The van der Waals surface area contributed by atoms with Gasteiger partial charge in [-0.1, -0.05) is 0 Å². The van der Waals surface area contributed by atoms with Gasteiger partial charge in [-0.2, -0.15) is 0 Å². The largest absolute Gasteiger partial charge is 0.302 e. The average molecular weight is 320 g/mol. The van der Waals surface area contributed by atoms with Crippen LogP contribution in [0.25, 0.3) is 0 Å². The lowest BCUT2D eigenvalue weighted by molar-refractivity contribution is -0.169. The van der Waals surface area contributed by atoms with Crippen molar-refractivity contribution in [1.82, 2.24) is 14.7 Å². The molecule has 0 aromatic carbocycles. The van der Waals surface area contributed by atoms with Crippen LogP contribution >= 0.6 is 0 Å². The molecule has 0 unspecified atom stereocenters. The van der Waals surface area contributed by atoms with Crippen LogP contribution in [0.3, 0.4) is 0 Å². The van der Waals surface area contributed by atoms with Crippen molar-refractivity contribution in [3.05, 3.63) is 0 Å². The minimum absolute atomic E-state index is 0.370. The zero-order valence-corrected chi connectivity index (χ0v) is 16.3. The monoisotopic (exact) mass is 319 g/mol. The Morgan fingerprint density at radius 2 is 1.13 bits per heavy atom. The van der Waals surface area contributed by atoms with Crippen molar-refractivity contribution in [2.24, 2.45) is 16.7 Å². The summed E-state index contributed by atoms with van der Waals surface area (Å²) in [6.45, 7) is 23.6. The van der Waals surface area contributed by atoms with Crippen LogP contribution in [0.1, 0.15) is 54.4 Å². The summed E-state index contributed by atoms with van der Waals surface area (Å²) in [5.74, 6) is 0.994. The van der Waals surface area contributed by atoms with Crippen molar-refractivity contribution < 1.29 is 0 Å². The molecule has 2 spiro atoms. The molecule has 3 aliphatic heterocycles. The predicted octanol–water partition coefficient (Wildman–Crippen LogP) is 2.91. The van der Waals surface area contributed by atoms with E-state index in [-0.39, 0.29) is 0 Å². The van der Waals surface area contributed by atoms with Crippen LogP contribution < -0.4 is 0 Å². The summed E-state index contributed by atoms with van der Waals surface area (Å²) in [7, 11) is 0. The normalized spacial score (nSPS) is 31.6. The Morgan fingerprint density at radius 3 is 1.57 bits per heavy atom. The molecule has 132 valence electrons. The summed E-state index contributed by atoms with van der Waals surface area (Å²) in [6, 6.07) is 0. The maximum atomic E-state index is 2.75. The first kappa shape index (κ1) is 16.4. The number of likely N-dealkylation sites (tertiary alicyclic amines) is 3. The number of nitrogens with zero attached hydrogens (tertiary/aromatic N) is 3. The van der Waals surface area contributed by atoms with E-state index in [0.717, 1.165) is 11.3 Å². The molecule has 0 N–H and O–H groups in total. The Kier molecular flexibility index (Phi) is 3.37. The van der Waals surface area contributed by atoms with Gasteiger partial charge in [0.1, 0.15) is 0 Å². The molecule has 0 bridgehead atoms. The molecule has 0 aromatic rings. The summed E-state index contributed by atoms with van der Waals surface area (Å²) in [5.41, 5.74) is 2.15. The fourth-order valence-corrected chi connectivity index (χ4v) is 5.62. The summed E-state index contributed by atoms with van der Waals surface area (Å²) in [4.78, 5) is 8.06. The first-order chi connectivity index (χ1) is 10.5. The van der Waals surface area contributed by atoms with Gasteiger partial charge in [-0.3, -0.25) is 9.80 Å². The van der Waals surface area contributed by atoms with Crippen molar-refractivity contribution in [2.75, 3.05) is 45.8 Å². The third-order valence-corrected chi connectivity index (χ3v) is 7.08. The fraction of sp³-hybridized carbons (Fsp3) is 1.00. The molecule has 3 nitrogen and oxygen atoms in total. The van der Waals surface area contributed by atoms with Crippen LogP contribution in [-0.4, -0.2) is 71.6 Å². The Hall–Kier alpha value is -0.120. The van der Waals surface area contributed by atoms with Gasteiger partial charge in [0.05, 0.1) is 0 Å². The lowest BCUT2D eigenvalue weighted by Gasteiger charge is -2.66. The molecular formula is C20H37N3. The van der Waals surface area contributed by atoms with Crippen LogP contribution in [0.4, 0.5) is 0 Å². The molecule has 23 heavy (non-hydrogen) atoms. The van der Waals surface area contributed by atoms with E-state index in [1.807, 2.05) is 0 Å². The average Bonchev–Trinajstić information content (AvgIpc) is 2.14. The van der Waals surface area contributed by atoms with E-state index in [1.54, 1.807) is 0 Å². The smallest absolute Gasteiger partial charge is 0.0212 e. The SMILES string of the molecule is CC(C)(C)N1CC2(CC(CN3CC4(C3)CN(C(C)(C)C)C4)C2)C1. The Labute approximate surface area is 143 Å². The maximum Gasteiger partial charge on any atom is 0.0212 e. The quantitative estimate of drug-likeness (QED) is 0.775. The van der Waals surface area contributed by atoms with Crippen molar-refractivity contribution in [3.8, 4) is 0 Å². The molecule has 1 saturated carbocycles. The van der Waals surface area contributed by atoms with Gasteiger partial charge >= 0.3 is 0 Å². The minimum atomic E-state index is 0.370. The third-order valence-electron chi connectivity index (χ3n) is 7.08. The van der Waals surface area contributed by atoms with Gasteiger partial charge in [0.25, 0.3) is 0 Å². The Bertz CT molecular complexity index is 412. The summed E-state index contributed by atoms with van der Waals surface area (Å²) in [5, 5.41) is 0. The summed E-state index contributed by atoms with van der Waals surface area (Å²) >= 11 is 0. The third kappa shape index (κ3) is 2.77. The fourth-order valence-electron chi connectivity index (χ4n) is 5.62. The molecule has 3 saturated heterocycles. The number of rotatable bonds is 2. The van der Waals surface area contributed by atoms with Crippen molar-refractivity contribution in [2.45, 2.75) is 65.5 Å². The van der Waals surface area contributed by atoms with Gasteiger partial charge in [-0.25, -0.2) is 0 Å². The molecule has 3 heterocycles. The first-order valence-electron chi connectivity index (χ1n) is 9.71. The van der Waals surface area contributed by atoms with Crippen LogP contribution in [0.15, 0.2) is 0 Å². The van der Waals surface area contributed by atoms with E-state index in [2.05, 4.69) is 56.2 Å². The zero-order chi connectivity index (χ0) is 16.7. The van der Waals surface area contributed by atoms with Crippen LogP contribution in [0, 0.1) is 16.7 Å². The van der Waals surface area contributed by atoms with E-state index >= 15 is 0 Å². The number of hydrogen-bond donors (Lipinski definition) is 0. The standard InChI is InChI=1S/C20H37N3/c1-17(2,3)22-12-19(13-22)7-16(8-19)9-21-10-20(11-21)14-23(15-20)18(4,5)6/h16H,7-15H2,1-6H3. The number of hydrogen-bond acceptors (Lipinski definition) is 3. The Morgan fingerprint density at radius 1 is 0.696 bits per heavy atom. The molecular weight excluding hydrogens is 282 g/mol. The summed E-state index contributed by atoms with van der Waals surface area (Å²) in [6.07, 6.45) is 2.99. The van der Waals surface area contributed by atoms with Gasteiger partial charge in [0.15, 0.2) is 0 Å². The van der Waals surface area contributed by atoms with Crippen molar-refractivity contribution in [1.29, 1.82) is 0 Å². The topological polar surface area (TPSA) is 9.72 Å². The molecule has 4 rings (SSSR count). The molecule has 0 radical (unpaired) electrons. The molecule has 0 aromatic heterocycles. The van der Waals surface area contributed by atoms with Crippen molar-refractivity contribution >= 4 is 0 Å². The van der Waals surface area contributed by atoms with Gasteiger partial charge in [-0.15, -0.1) is 0 Å². The van der Waals surface area contributed by atoms with Crippen molar-refractivity contribution in [3.63, 3.8) is 0 Å². The highest BCUT2D eigenvalue weighted by Crippen LogP contribution is 2.54. The minimum Gasteiger partial charge on any atom is -0.302 e. The highest BCUT2D eigenvalue weighted by molar-refractivity contribution is 5.11. The highest BCUT2D eigenvalue weighted by atomic mass is 15.3. The second-order valence-corrected chi connectivity index (χ2v) is 11.5. The van der Waals surface area contributed by atoms with Crippen LogP contribution in [-0.2, 0) is 0 Å². The zero-order valence-electron chi connectivity index (χ0n) is 16.3. The second-order valence-electron chi connectivity index (χ2n) is 11.5. The second kappa shape index (κ2) is 4.74. The molecule has 1 aliphatic carbocycles. The molecule has 3 heteroatoms. The van der Waals surface area contributed by atoms with Gasteiger partial charge in [0, 0.05) is 62.3 Å². The summed E-state index contributed by atoms with van der Waals surface area (Å²) < 4.78 is 0. The lowest BCUT2D eigenvalue weighted by Crippen LogP contribution is -2.75. The van der Waals surface area contributed by atoms with E-state index in [4.69, 9.17) is 0 Å². The Balaban J connectivity index is 1.15. The maximum absolute atomic E-state index is 2.75. The lowest BCUT2D eigenvalue weighted by atomic mass is 9.56. The highest BCUT2D eigenvalue weighted by Gasteiger charge is 2.57. The van der Waals surface area contributed by atoms with E-state index in [9.17, 15) is 0 Å². The molecule has 4 aliphatic rings. The van der Waals surface area contributed by atoms with E-state index in [1.165, 1.54) is 58.7 Å². The van der Waals surface area contributed by atoms with Crippen LogP contribution in [0.5, 0.6) is 0 Å². The van der Waals surface area contributed by atoms with Gasteiger partial charge in [0.2, 0.25) is 0 Å². The molecule has 0 amide bonds. The van der Waals surface area contributed by atoms with Gasteiger partial charge in [-0.05, 0) is 65.7 Å². The van der Waals surface area contributed by atoms with Crippen LogP contribution in [0.2, 0.25) is 0 Å². The molecule has 4 fully saturated rings. The molecule has 0 atom stereocenters. The van der Waals surface area contributed by atoms with E-state index < -0.39 is 0 Å². The van der Waals surface area contributed by atoms with Gasteiger partial charge < -0.3 is 4.90 Å². The van der Waals surface area contributed by atoms with E-state index in [0.29, 0.717) is 16.5 Å².